The molecule has 1 aliphatic rings. The van der Waals surface area contributed by atoms with E-state index in [2.05, 4.69) is 5.32 Å². The fraction of sp³-hybridized carbons (Fsp3) is 0.333. The molecule has 2 unspecified atom stereocenters. The molecule has 2 aromatic rings. The van der Waals surface area contributed by atoms with Crippen LogP contribution in [0.1, 0.15) is 24.4 Å². The number of halogens is 1. The largest absolute Gasteiger partial charge is 0.376 e. The number of aromatic nitrogens is 1. The highest BCUT2D eigenvalue weighted by molar-refractivity contribution is 5.76. The molecule has 1 aromatic heterocycles. The molecule has 2 atom stereocenters. The molecule has 24 heavy (non-hydrogen) atoms. The first-order valence-electron chi connectivity index (χ1n) is 7.95. The summed E-state index contributed by atoms with van der Waals surface area (Å²) < 4.78 is 20.2. The minimum Gasteiger partial charge on any atom is -0.376 e. The molecular weight excluding hydrogens is 311 g/mol. The van der Waals surface area contributed by atoms with Crippen molar-refractivity contribution in [2.45, 2.75) is 31.5 Å². The summed E-state index contributed by atoms with van der Waals surface area (Å²) in [5.74, 6) is -0.611. The number of nitrogens with one attached hydrogen (secondary N) is 1. The molecule has 0 saturated carbocycles. The number of hydrogen-bond donors (Lipinski definition) is 1. The number of carbonyl (C=O) groups excluding carboxylic acids is 1. The third kappa shape index (κ3) is 3.89. The molecule has 126 valence electrons. The fourth-order valence-electron chi connectivity index (χ4n) is 2.89. The van der Waals surface area contributed by atoms with E-state index < -0.39 is 0 Å². The lowest BCUT2D eigenvalue weighted by molar-refractivity contribution is -0.123. The third-order valence-electron chi connectivity index (χ3n) is 4.10. The lowest BCUT2D eigenvalue weighted by Gasteiger charge is -2.25. The van der Waals surface area contributed by atoms with E-state index in [-0.39, 0.29) is 36.0 Å². The van der Waals surface area contributed by atoms with Gasteiger partial charge in [0.1, 0.15) is 12.4 Å². The average molecular weight is 330 g/mol. The zero-order valence-electron chi connectivity index (χ0n) is 13.2. The van der Waals surface area contributed by atoms with Gasteiger partial charge in [0.2, 0.25) is 5.91 Å². The number of carbonyl (C=O) groups is 1. The average Bonchev–Trinajstić information content (AvgIpc) is 3.10. The van der Waals surface area contributed by atoms with Crippen molar-refractivity contribution in [1.29, 1.82) is 0 Å². The van der Waals surface area contributed by atoms with Crippen LogP contribution in [0.3, 0.4) is 0 Å². The Kier molecular flexibility index (Phi) is 5.05. The minimum atomic E-state index is -0.361. The van der Waals surface area contributed by atoms with Gasteiger partial charge >= 0.3 is 0 Å². The number of benzene rings is 1. The molecule has 0 bridgehead atoms. The van der Waals surface area contributed by atoms with Crippen LogP contribution in [0.2, 0.25) is 0 Å². The summed E-state index contributed by atoms with van der Waals surface area (Å²) in [7, 11) is 0. The van der Waals surface area contributed by atoms with Crippen LogP contribution in [0, 0.1) is 5.82 Å². The maximum absolute atomic E-state index is 13.2. The van der Waals surface area contributed by atoms with Crippen molar-refractivity contribution in [3.05, 3.63) is 70.4 Å². The standard InChI is InChI=1S/C18H19FN2O3/c19-14-8-6-13(7-9-14)18(15-4-3-11-24-15)20-16(22)12-21-10-2-1-5-17(21)23/h1-2,5-10,15,18H,3-4,11-12H2,(H,20,22). The molecular formula is C18H19FN2O3. The van der Waals surface area contributed by atoms with E-state index >= 15 is 0 Å². The van der Waals surface area contributed by atoms with Crippen molar-refractivity contribution in [2.24, 2.45) is 0 Å². The quantitative estimate of drug-likeness (QED) is 0.912. The van der Waals surface area contributed by atoms with Crippen LogP contribution in [-0.4, -0.2) is 23.2 Å². The van der Waals surface area contributed by atoms with Crippen LogP contribution < -0.4 is 10.9 Å². The first-order valence-corrected chi connectivity index (χ1v) is 7.95. The molecule has 1 N–H and O–H groups in total. The monoisotopic (exact) mass is 330 g/mol. The molecule has 1 aromatic carbocycles. The Morgan fingerprint density at radius 1 is 1.29 bits per heavy atom. The van der Waals surface area contributed by atoms with Crippen molar-refractivity contribution in [3.63, 3.8) is 0 Å². The van der Waals surface area contributed by atoms with E-state index in [4.69, 9.17) is 4.74 Å². The van der Waals surface area contributed by atoms with E-state index in [0.717, 1.165) is 18.4 Å². The SMILES string of the molecule is O=C(Cn1ccccc1=O)NC(c1ccc(F)cc1)C1CCCO1. The van der Waals surface area contributed by atoms with Crippen molar-refractivity contribution >= 4 is 5.91 Å². The summed E-state index contributed by atoms with van der Waals surface area (Å²) in [5, 5.41) is 2.92. The van der Waals surface area contributed by atoms with E-state index in [1.165, 1.54) is 22.8 Å². The van der Waals surface area contributed by atoms with Gasteiger partial charge in [-0.05, 0) is 36.6 Å². The van der Waals surface area contributed by atoms with Crippen LogP contribution in [0.4, 0.5) is 4.39 Å². The molecule has 0 spiro atoms. The second kappa shape index (κ2) is 7.40. The van der Waals surface area contributed by atoms with Crippen LogP contribution in [-0.2, 0) is 16.1 Å². The summed E-state index contributed by atoms with van der Waals surface area (Å²) >= 11 is 0. The second-order valence-corrected chi connectivity index (χ2v) is 5.81. The van der Waals surface area contributed by atoms with Gasteiger partial charge in [-0.1, -0.05) is 18.2 Å². The van der Waals surface area contributed by atoms with Crippen LogP contribution >= 0.6 is 0 Å². The number of rotatable bonds is 5. The lowest BCUT2D eigenvalue weighted by Crippen LogP contribution is -2.39. The molecule has 3 rings (SSSR count). The maximum Gasteiger partial charge on any atom is 0.250 e. The van der Waals surface area contributed by atoms with Gasteiger partial charge in [0, 0.05) is 18.9 Å². The Morgan fingerprint density at radius 2 is 2.08 bits per heavy atom. The predicted octanol–water partition coefficient (Wildman–Crippen LogP) is 2.02. The highest BCUT2D eigenvalue weighted by Crippen LogP contribution is 2.27. The highest BCUT2D eigenvalue weighted by Gasteiger charge is 2.28. The molecule has 1 amide bonds. The molecule has 2 heterocycles. The zero-order chi connectivity index (χ0) is 16.9. The molecule has 1 saturated heterocycles. The predicted molar refractivity (Wildman–Crippen MR) is 87.0 cm³/mol. The van der Waals surface area contributed by atoms with Crippen molar-refractivity contribution < 1.29 is 13.9 Å². The number of nitrogens with zero attached hydrogens (tertiary/aromatic N) is 1. The summed E-state index contributed by atoms with van der Waals surface area (Å²) in [4.78, 5) is 24.1. The van der Waals surface area contributed by atoms with Crippen LogP contribution in [0.5, 0.6) is 0 Å². The summed E-state index contributed by atoms with van der Waals surface area (Å²) in [6, 6.07) is 10.4. The van der Waals surface area contributed by atoms with Gasteiger partial charge in [0.15, 0.2) is 0 Å². The van der Waals surface area contributed by atoms with E-state index in [1.807, 2.05) is 0 Å². The molecule has 0 aliphatic carbocycles. The smallest absolute Gasteiger partial charge is 0.250 e. The van der Waals surface area contributed by atoms with E-state index in [9.17, 15) is 14.0 Å². The van der Waals surface area contributed by atoms with Crippen molar-refractivity contribution in [1.82, 2.24) is 9.88 Å². The third-order valence-corrected chi connectivity index (χ3v) is 4.10. The first-order chi connectivity index (χ1) is 11.6. The van der Waals surface area contributed by atoms with Gasteiger partial charge < -0.3 is 14.6 Å². The van der Waals surface area contributed by atoms with Gasteiger partial charge in [-0.15, -0.1) is 0 Å². The van der Waals surface area contributed by atoms with Gasteiger partial charge in [-0.25, -0.2) is 4.39 Å². The molecule has 6 heteroatoms. The lowest BCUT2D eigenvalue weighted by atomic mass is 9.99. The molecule has 5 nitrogen and oxygen atoms in total. The molecule has 0 radical (unpaired) electrons. The summed E-state index contributed by atoms with van der Waals surface area (Å²) in [6.07, 6.45) is 3.18. The maximum atomic E-state index is 13.2. The summed E-state index contributed by atoms with van der Waals surface area (Å²) in [6.45, 7) is 0.584. The Hall–Kier alpha value is -2.47. The first kappa shape index (κ1) is 16.4. The number of ether oxygens (including phenoxy) is 1. The highest BCUT2D eigenvalue weighted by atomic mass is 19.1. The van der Waals surface area contributed by atoms with Crippen LogP contribution in [0.25, 0.3) is 0 Å². The van der Waals surface area contributed by atoms with Crippen molar-refractivity contribution in [3.8, 4) is 0 Å². The number of hydrogen-bond acceptors (Lipinski definition) is 3. The summed E-state index contributed by atoms with van der Waals surface area (Å²) in [5.41, 5.74) is 0.556. The van der Waals surface area contributed by atoms with E-state index in [0.29, 0.717) is 6.61 Å². The Bertz CT molecular complexity index is 751. The van der Waals surface area contributed by atoms with Gasteiger partial charge in [0.25, 0.3) is 5.56 Å². The number of pyridine rings is 1. The van der Waals surface area contributed by atoms with Crippen molar-refractivity contribution in [2.75, 3.05) is 6.61 Å². The normalized spacial score (nSPS) is 18.3. The second-order valence-electron chi connectivity index (χ2n) is 5.81. The Labute approximate surface area is 139 Å². The number of amides is 1. The topological polar surface area (TPSA) is 60.3 Å². The fourth-order valence-corrected chi connectivity index (χ4v) is 2.89. The van der Waals surface area contributed by atoms with Gasteiger partial charge in [-0.2, -0.15) is 0 Å². The minimum absolute atomic E-state index is 0.0654. The van der Waals surface area contributed by atoms with Gasteiger partial charge in [0.05, 0.1) is 12.1 Å². The Morgan fingerprint density at radius 3 is 2.75 bits per heavy atom. The molecule has 1 aliphatic heterocycles. The Balaban J connectivity index is 1.76. The zero-order valence-corrected chi connectivity index (χ0v) is 13.2. The van der Waals surface area contributed by atoms with Crippen LogP contribution in [0.15, 0.2) is 53.5 Å². The van der Waals surface area contributed by atoms with E-state index in [1.54, 1.807) is 30.5 Å². The molecule has 1 fully saturated rings. The van der Waals surface area contributed by atoms with Gasteiger partial charge in [-0.3, -0.25) is 9.59 Å².